The summed E-state index contributed by atoms with van der Waals surface area (Å²) in [7, 11) is 0. The van der Waals surface area contributed by atoms with Crippen molar-refractivity contribution in [1.29, 1.82) is 0 Å². The number of carbonyl (C=O) groups is 2. The second kappa shape index (κ2) is 9.23. The molecule has 0 fully saturated rings. The molecule has 0 unspecified atom stereocenters. The molecule has 0 aromatic carbocycles. The molecule has 0 amide bonds. The lowest BCUT2D eigenvalue weighted by molar-refractivity contribution is -0.115. The number of hydrogen-bond acceptors (Lipinski definition) is 2. The maximum absolute atomic E-state index is 11.7. The molecule has 6 heteroatoms. The van der Waals surface area contributed by atoms with Crippen molar-refractivity contribution in [2.45, 2.75) is 38.5 Å². The maximum atomic E-state index is 11.7. The van der Waals surface area contributed by atoms with Crippen LogP contribution in [-0.4, -0.2) is 24.4 Å². The smallest absolute Gasteiger partial charge is 0.239 e. The van der Waals surface area contributed by atoms with E-state index in [0.29, 0.717) is 0 Å². The Morgan fingerprint density at radius 3 is 1.39 bits per heavy atom. The Kier molecular flexibility index (Phi) is 8.30. The lowest BCUT2D eigenvalue weighted by Crippen LogP contribution is -1.99. The Morgan fingerprint density at radius 1 is 0.778 bits per heavy atom. The number of ketones is 2. The van der Waals surface area contributed by atoms with Gasteiger partial charge in [-0.1, -0.05) is 0 Å². The highest BCUT2D eigenvalue weighted by atomic mass is 19.3. The Balaban J connectivity index is 4.02. The Hall–Kier alpha value is -1.82. The Bertz CT molecular complexity index is 367. The van der Waals surface area contributed by atoms with Crippen LogP contribution in [0.3, 0.4) is 0 Å². The lowest BCUT2D eigenvalue weighted by Gasteiger charge is -1.92. The molecule has 0 aliphatic heterocycles. The second-order valence-electron chi connectivity index (χ2n) is 3.21. The molecule has 18 heavy (non-hydrogen) atoms. The van der Waals surface area contributed by atoms with E-state index in [1.54, 1.807) is 0 Å². The van der Waals surface area contributed by atoms with E-state index >= 15 is 0 Å². The molecular formula is C12H10F4O2. The molecule has 0 aliphatic carbocycles. The van der Waals surface area contributed by atoms with Gasteiger partial charge in [-0.25, -0.2) is 17.6 Å². The van der Waals surface area contributed by atoms with Crippen LogP contribution in [-0.2, 0) is 9.59 Å². The highest BCUT2D eigenvalue weighted by Gasteiger charge is 2.06. The summed E-state index contributed by atoms with van der Waals surface area (Å²) in [6, 6.07) is 0. The number of hydrogen-bond donors (Lipinski definition) is 0. The summed E-state index contributed by atoms with van der Waals surface area (Å²) in [5.41, 5.74) is 0. The predicted molar refractivity (Wildman–Crippen MR) is 56.0 cm³/mol. The number of alkyl halides is 4. The van der Waals surface area contributed by atoms with Gasteiger partial charge in [-0.3, -0.25) is 9.59 Å². The first-order chi connectivity index (χ1) is 8.41. The molecule has 0 heterocycles. The molecule has 0 atom stereocenters. The van der Waals surface area contributed by atoms with Crippen LogP contribution >= 0.6 is 0 Å². The molecule has 0 N–H and O–H groups in total. The Labute approximate surface area is 102 Å². The third kappa shape index (κ3) is 10.7. The van der Waals surface area contributed by atoms with Gasteiger partial charge in [0.15, 0.2) is 0 Å². The van der Waals surface area contributed by atoms with E-state index in [1.807, 2.05) is 23.7 Å². The van der Waals surface area contributed by atoms with Gasteiger partial charge in [0.1, 0.15) is 0 Å². The molecule has 98 valence electrons. The quantitative estimate of drug-likeness (QED) is 0.418. The van der Waals surface area contributed by atoms with Gasteiger partial charge in [0.2, 0.25) is 24.4 Å². The largest absolute Gasteiger partial charge is 0.285 e. The van der Waals surface area contributed by atoms with Gasteiger partial charge in [0.05, 0.1) is 0 Å². The first-order valence-corrected chi connectivity index (χ1v) is 5.05. The van der Waals surface area contributed by atoms with Crippen molar-refractivity contribution in [3.63, 3.8) is 0 Å². The van der Waals surface area contributed by atoms with Crippen LogP contribution in [0.4, 0.5) is 17.6 Å². The Morgan fingerprint density at radius 2 is 1.11 bits per heavy atom. The van der Waals surface area contributed by atoms with E-state index in [2.05, 4.69) is 0 Å². The van der Waals surface area contributed by atoms with Crippen LogP contribution in [0.25, 0.3) is 0 Å². The fourth-order valence-corrected chi connectivity index (χ4v) is 0.807. The third-order valence-corrected chi connectivity index (χ3v) is 1.65. The van der Waals surface area contributed by atoms with Gasteiger partial charge in [0, 0.05) is 25.7 Å². The van der Waals surface area contributed by atoms with Gasteiger partial charge in [-0.15, -0.1) is 0 Å². The first kappa shape index (κ1) is 16.2. The molecule has 0 bridgehead atoms. The van der Waals surface area contributed by atoms with E-state index in [-0.39, 0.29) is 12.8 Å². The fourth-order valence-electron chi connectivity index (χ4n) is 0.807. The van der Waals surface area contributed by atoms with Crippen molar-refractivity contribution >= 4 is 11.6 Å². The summed E-state index contributed by atoms with van der Waals surface area (Å²) in [6.45, 7) is 0. The molecule has 0 saturated carbocycles. The number of rotatable bonds is 6. The molecule has 0 aliphatic rings. The van der Waals surface area contributed by atoms with E-state index in [0.717, 1.165) is 0 Å². The van der Waals surface area contributed by atoms with Crippen LogP contribution in [0.5, 0.6) is 0 Å². The predicted octanol–water partition coefficient (Wildman–Crippen LogP) is 2.22. The number of carbonyl (C=O) groups excluding carboxylic acids is 2. The zero-order chi connectivity index (χ0) is 14.0. The lowest BCUT2D eigenvalue weighted by atomic mass is 10.2. The number of halogens is 4. The summed E-state index contributed by atoms with van der Waals surface area (Å²) < 4.78 is 46.8. The minimum Gasteiger partial charge on any atom is -0.285 e. The van der Waals surface area contributed by atoms with Crippen molar-refractivity contribution < 1.29 is 27.2 Å². The third-order valence-electron chi connectivity index (χ3n) is 1.65. The highest BCUT2D eigenvalue weighted by Crippen LogP contribution is 2.03. The maximum Gasteiger partial charge on any atom is 0.239 e. The van der Waals surface area contributed by atoms with Crippen molar-refractivity contribution in [2.75, 3.05) is 0 Å². The standard InChI is InChI=1S/C12H10F4O2/c13-11(14)7-5-9(17)3-1-2-4-10(18)6-8-12(15)16/h11-12H,5-8H2. The zero-order valence-corrected chi connectivity index (χ0v) is 9.31. The molecule has 0 aromatic heterocycles. The highest BCUT2D eigenvalue weighted by molar-refractivity contribution is 5.98. The molecule has 2 nitrogen and oxygen atoms in total. The van der Waals surface area contributed by atoms with Crippen LogP contribution in [0, 0.1) is 23.7 Å². The molecule has 0 spiro atoms. The van der Waals surface area contributed by atoms with Crippen LogP contribution < -0.4 is 0 Å². The zero-order valence-electron chi connectivity index (χ0n) is 9.31. The second-order valence-corrected chi connectivity index (χ2v) is 3.21. The first-order valence-electron chi connectivity index (χ1n) is 5.05. The SMILES string of the molecule is O=C(C#CC#CC(=O)CCC(F)F)CCC(F)F. The summed E-state index contributed by atoms with van der Waals surface area (Å²) in [4.78, 5) is 21.7. The van der Waals surface area contributed by atoms with Crippen molar-refractivity contribution in [3.05, 3.63) is 0 Å². The average Bonchev–Trinajstić information content (AvgIpc) is 2.29. The van der Waals surface area contributed by atoms with E-state index < -0.39 is 37.3 Å². The number of Topliss-reactive ketones (excluding diaryl/α,β-unsaturated/α-hetero) is 2. The molecular weight excluding hydrogens is 252 g/mol. The van der Waals surface area contributed by atoms with Gasteiger partial charge in [0.25, 0.3) is 0 Å². The van der Waals surface area contributed by atoms with Crippen LogP contribution in [0.15, 0.2) is 0 Å². The summed E-state index contributed by atoms with van der Waals surface area (Å²) in [5.74, 6) is 6.54. The minimum atomic E-state index is -2.57. The fraction of sp³-hybridized carbons (Fsp3) is 0.500. The normalized spacial score (nSPS) is 9.44. The van der Waals surface area contributed by atoms with Crippen LogP contribution in [0.2, 0.25) is 0 Å². The molecule has 0 rings (SSSR count). The van der Waals surface area contributed by atoms with E-state index in [9.17, 15) is 27.2 Å². The average molecular weight is 262 g/mol. The van der Waals surface area contributed by atoms with Crippen molar-refractivity contribution in [3.8, 4) is 23.7 Å². The van der Waals surface area contributed by atoms with Crippen molar-refractivity contribution in [2.24, 2.45) is 0 Å². The molecule has 0 aromatic rings. The summed E-state index contributed by atoms with van der Waals surface area (Å²) >= 11 is 0. The topological polar surface area (TPSA) is 34.1 Å². The van der Waals surface area contributed by atoms with E-state index in [4.69, 9.17) is 0 Å². The monoisotopic (exact) mass is 262 g/mol. The van der Waals surface area contributed by atoms with Gasteiger partial charge in [-0.05, 0) is 23.7 Å². The minimum absolute atomic E-state index is 0.383. The van der Waals surface area contributed by atoms with Crippen molar-refractivity contribution in [1.82, 2.24) is 0 Å². The molecule has 0 radical (unpaired) electrons. The van der Waals surface area contributed by atoms with E-state index in [1.165, 1.54) is 0 Å². The molecule has 0 saturated heterocycles. The summed E-state index contributed by atoms with van der Waals surface area (Å²) in [6.07, 6.45) is -7.06. The summed E-state index contributed by atoms with van der Waals surface area (Å²) in [5, 5.41) is 0. The van der Waals surface area contributed by atoms with Crippen LogP contribution in [0.1, 0.15) is 25.7 Å². The van der Waals surface area contributed by atoms with Gasteiger partial charge in [-0.2, -0.15) is 0 Å². The van der Waals surface area contributed by atoms with Gasteiger partial charge < -0.3 is 0 Å². The van der Waals surface area contributed by atoms with Gasteiger partial charge >= 0.3 is 0 Å².